The number of hydrogen-bond donors (Lipinski definition) is 0. The predicted octanol–water partition coefficient (Wildman–Crippen LogP) is 4.20. The lowest BCUT2D eigenvalue weighted by atomic mass is 10.1. The topological polar surface area (TPSA) is 37.4 Å². The third-order valence-corrected chi connectivity index (χ3v) is 4.77. The average Bonchev–Trinajstić information content (AvgIpc) is 2.68. The fraction of sp³-hybridized carbons (Fsp3) is 0.286. The van der Waals surface area contributed by atoms with Gasteiger partial charge in [0, 0.05) is 9.94 Å². The molecule has 1 aromatic carbocycles. The summed E-state index contributed by atoms with van der Waals surface area (Å²) in [6, 6.07) is 6.86. The summed E-state index contributed by atoms with van der Waals surface area (Å²) in [7, 11) is 0. The summed E-state index contributed by atoms with van der Waals surface area (Å²) in [5.74, 6) is -0.533. The Morgan fingerprint density at radius 1 is 1.11 bits per heavy atom. The first-order chi connectivity index (χ1) is 9.10. The molecule has 0 fully saturated rings. The van der Waals surface area contributed by atoms with Crippen LogP contribution in [0.4, 0.5) is 0 Å². The molecule has 1 aromatic rings. The summed E-state index contributed by atoms with van der Waals surface area (Å²) in [6.07, 6.45) is 1.39. The molecule has 0 atom stereocenters. The average molecular weight is 296 g/mol. The molecule has 5 heteroatoms. The zero-order valence-electron chi connectivity index (χ0n) is 10.8. The second-order valence-corrected chi connectivity index (χ2v) is 5.57. The zero-order valence-corrected chi connectivity index (χ0v) is 12.3. The smallest absolute Gasteiger partial charge is 0.268 e. The number of fused-ring (bicyclic) bond motifs is 1. The Balaban J connectivity index is 2.30. The molecule has 0 saturated heterocycles. The van der Waals surface area contributed by atoms with Crippen LogP contribution in [-0.2, 0) is 0 Å². The molecule has 0 saturated carbocycles. The molecule has 0 aromatic heterocycles. The number of halogens is 1. The number of nitrogens with zero attached hydrogens (tertiary/aromatic N) is 1. The summed E-state index contributed by atoms with van der Waals surface area (Å²) < 4.78 is 1.20. The van der Waals surface area contributed by atoms with Gasteiger partial charge in [0.1, 0.15) is 0 Å². The van der Waals surface area contributed by atoms with Crippen molar-refractivity contribution in [1.82, 2.24) is 4.31 Å². The first kappa shape index (κ1) is 14.2. The Bertz CT molecular complexity index is 533. The Hall–Kier alpha value is -1.26. The third-order valence-electron chi connectivity index (χ3n) is 2.89. The van der Waals surface area contributed by atoms with Crippen LogP contribution in [0.15, 0.2) is 34.2 Å². The van der Waals surface area contributed by atoms with Gasteiger partial charge in [0.25, 0.3) is 11.8 Å². The minimum atomic E-state index is -0.267. The third kappa shape index (κ3) is 2.55. The van der Waals surface area contributed by atoms with Crippen LogP contribution in [0, 0.1) is 0 Å². The summed E-state index contributed by atoms with van der Waals surface area (Å²) in [6.45, 7) is 3.90. The Morgan fingerprint density at radius 2 is 1.63 bits per heavy atom. The van der Waals surface area contributed by atoms with Crippen LogP contribution in [0.2, 0.25) is 0 Å². The number of carbonyl (C=O) groups is 2. The van der Waals surface area contributed by atoms with Crippen molar-refractivity contribution < 1.29 is 9.59 Å². The second kappa shape index (κ2) is 5.80. The van der Waals surface area contributed by atoms with E-state index in [0.717, 1.165) is 16.9 Å². The van der Waals surface area contributed by atoms with Gasteiger partial charge in [-0.05, 0) is 36.9 Å². The van der Waals surface area contributed by atoms with Crippen molar-refractivity contribution in [2.75, 3.05) is 0 Å². The van der Waals surface area contributed by atoms with Crippen molar-refractivity contribution in [3.8, 4) is 0 Å². The molecule has 0 N–H and O–H groups in total. The van der Waals surface area contributed by atoms with Crippen molar-refractivity contribution in [3.05, 3.63) is 45.3 Å². The van der Waals surface area contributed by atoms with Gasteiger partial charge in [-0.1, -0.05) is 37.6 Å². The highest BCUT2D eigenvalue weighted by Crippen LogP contribution is 2.36. The lowest BCUT2D eigenvalue weighted by molar-refractivity contribution is 0.0777. The van der Waals surface area contributed by atoms with E-state index in [4.69, 9.17) is 11.6 Å². The molecule has 3 nitrogen and oxygen atoms in total. The molecule has 0 spiro atoms. The van der Waals surface area contributed by atoms with Crippen molar-refractivity contribution in [1.29, 1.82) is 0 Å². The van der Waals surface area contributed by atoms with E-state index in [2.05, 4.69) is 0 Å². The van der Waals surface area contributed by atoms with Crippen molar-refractivity contribution in [2.24, 2.45) is 0 Å². The molecule has 1 aliphatic heterocycles. The van der Waals surface area contributed by atoms with E-state index in [1.165, 1.54) is 4.31 Å². The molecule has 19 heavy (non-hydrogen) atoms. The van der Waals surface area contributed by atoms with Gasteiger partial charge in [-0.25, -0.2) is 4.31 Å². The van der Waals surface area contributed by atoms with Crippen molar-refractivity contribution in [2.45, 2.75) is 26.7 Å². The van der Waals surface area contributed by atoms with E-state index in [9.17, 15) is 9.59 Å². The number of benzene rings is 1. The number of hydrogen-bond acceptors (Lipinski definition) is 3. The molecule has 2 amide bonds. The molecular formula is C14H14ClNO2S. The standard InChI is InChI=1S/C14H14ClNO2S/c1-3-11(15)12(4-2)19-16-13(17)9-7-5-6-8-10(9)14(16)18/h5-8H,3-4H2,1-2H3. The summed E-state index contributed by atoms with van der Waals surface area (Å²) in [5.41, 5.74) is 0.922. The zero-order chi connectivity index (χ0) is 14.0. The van der Waals surface area contributed by atoms with E-state index in [-0.39, 0.29) is 11.8 Å². The normalized spacial score (nSPS) is 15.6. The Labute approximate surface area is 121 Å². The van der Waals surface area contributed by atoms with E-state index in [1.807, 2.05) is 13.8 Å². The highest BCUT2D eigenvalue weighted by molar-refractivity contribution is 8.02. The van der Waals surface area contributed by atoms with E-state index in [0.29, 0.717) is 29.0 Å². The largest absolute Gasteiger partial charge is 0.272 e. The molecule has 0 aliphatic carbocycles. The fourth-order valence-corrected chi connectivity index (χ4v) is 3.06. The van der Waals surface area contributed by atoms with Gasteiger partial charge >= 0.3 is 0 Å². The second-order valence-electron chi connectivity index (χ2n) is 4.08. The first-order valence-corrected chi connectivity index (χ1v) is 7.28. The lowest BCUT2D eigenvalue weighted by Crippen LogP contribution is -2.22. The van der Waals surface area contributed by atoms with Crippen LogP contribution in [-0.4, -0.2) is 16.1 Å². The van der Waals surface area contributed by atoms with Gasteiger partial charge in [0.05, 0.1) is 11.1 Å². The van der Waals surface area contributed by atoms with Crippen LogP contribution in [0.3, 0.4) is 0 Å². The SMILES string of the molecule is CCC(Cl)=C(CC)SN1C(=O)c2ccccc2C1=O. The molecule has 100 valence electrons. The Morgan fingerprint density at radius 3 is 2.05 bits per heavy atom. The van der Waals surface area contributed by atoms with Crippen LogP contribution in [0.1, 0.15) is 47.4 Å². The highest BCUT2D eigenvalue weighted by atomic mass is 35.5. The van der Waals surface area contributed by atoms with E-state index >= 15 is 0 Å². The van der Waals surface area contributed by atoms with Crippen LogP contribution >= 0.6 is 23.5 Å². The number of allylic oxidation sites excluding steroid dienone is 2. The predicted molar refractivity (Wildman–Crippen MR) is 78.0 cm³/mol. The minimum Gasteiger partial charge on any atom is -0.268 e. The molecule has 0 unspecified atom stereocenters. The number of carbonyl (C=O) groups excluding carboxylic acids is 2. The maximum atomic E-state index is 12.2. The fourth-order valence-electron chi connectivity index (χ4n) is 1.86. The maximum Gasteiger partial charge on any atom is 0.272 e. The molecule has 1 heterocycles. The molecule has 1 aliphatic rings. The van der Waals surface area contributed by atoms with Crippen LogP contribution in [0.5, 0.6) is 0 Å². The van der Waals surface area contributed by atoms with Gasteiger partial charge in [-0.2, -0.15) is 0 Å². The number of amides is 2. The highest BCUT2D eigenvalue weighted by Gasteiger charge is 2.36. The maximum absolute atomic E-state index is 12.2. The molecule has 0 radical (unpaired) electrons. The number of imide groups is 1. The van der Waals surface area contributed by atoms with Crippen molar-refractivity contribution >= 4 is 35.4 Å². The molecular weight excluding hydrogens is 282 g/mol. The van der Waals surface area contributed by atoms with E-state index in [1.54, 1.807) is 24.3 Å². The van der Waals surface area contributed by atoms with Crippen LogP contribution in [0.25, 0.3) is 0 Å². The summed E-state index contributed by atoms with van der Waals surface area (Å²) in [4.78, 5) is 25.2. The lowest BCUT2D eigenvalue weighted by Gasteiger charge is -2.15. The van der Waals surface area contributed by atoms with E-state index < -0.39 is 0 Å². The quantitative estimate of drug-likeness (QED) is 0.617. The monoisotopic (exact) mass is 295 g/mol. The first-order valence-electron chi connectivity index (χ1n) is 6.13. The van der Waals surface area contributed by atoms with Gasteiger partial charge in [0.2, 0.25) is 0 Å². The summed E-state index contributed by atoms with van der Waals surface area (Å²) >= 11 is 7.27. The van der Waals surface area contributed by atoms with Crippen LogP contribution < -0.4 is 0 Å². The van der Waals surface area contributed by atoms with Gasteiger partial charge in [-0.15, -0.1) is 0 Å². The Kier molecular flexibility index (Phi) is 4.32. The van der Waals surface area contributed by atoms with Crippen molar-refractivity contribution in [3.63, 3.8) is 0 Å². The molecule has 0 bridgehead atoms. The number of rotatable bonds is 4. The van der Waals surface area contributed by atoms with Gasteiger partial charge < -0.3 is 0 Å². The van der Waals surface area contributed by atoms with Gasteiger partial charge in [-0.3, -0.25) is 9.59 Å². The minimum absolute atomic E-state index is 0.267. The van der Waals surface area contributed by atoms with Gasteiger partial charge in [0.15, 0.2) is 0 Å². The molecule has 2 rings (SSSR count). The summed E-state index contributed by atoms with van der Waals surface area (Å²) in [5, 5.41) is 0.698.